The Bertz CT molecular complexity index is 848. The molecule has 0 fully saturated rings. The van der Waals surface area contributed by atoms with Gasteiger partial charge < -0.3 is 5.32 Å². The molecule has 0 spiro atoms. The average molecular weight is 366 g/mol. The van der Waals surface area contributed by atoms with Gasteiger partial charge in [-0.1, -0.05) is 61.7 Å². The Morgan fingerprint density at radius 3 is 2.31 bits per heavy atom. The molecule has 0 saturated carbocycles. The van der Waals surface area contributed by atoms with Gasteiger partial charge in [0.15, 0.2) is 0 Å². The second-order valence-electron chi connectivity index (χ2n) is 7.35. The molecule has 0 atom stereocenters. The van der Waals surface area contributed by atoms with Gasteiger partial charge in [0, 0.05) is 12.1 Å². The first-order valence-corrected chi connectivity index (χ1v) is 9.46. The van der Waals surface area contributed by atoms with Crippen molar-refractivity contribution in [2.45, 2.75) is 39.0 Å². The third kappa shape index (κ3) is 4.76. The Hall–Kier alpha value is -2.53. The van der Waals surface area contributed by atoms with E-state index in [1.807, 2.05) is 24.3 Å². The third-order valence-electron chi connectivity index (χ3n) is 4.28. The van der Waals surface area contributed by atoms with Crippen molar-refractivity contribution in [1.29, 1.82) is 0 Å². The fourth-order valence-corrected chi connectivity index (χ4v) is 3.18. The minimum Gasteiger partial charge on any atom is -0.326 e. The van der Waals surface area contributed by atoms with E-state index in [-0.39, 0.29) is 11.3 Å². The molecule has 1 N–H and O–H groups in total. The van der Waals surface area contributed by atoms with Crippen LogP contribution in [0.3, 0.4) is 0 Å². The minimum absolute atomic E-state index is 0.0251. The van der Waals surface area contributed by atoms with Crippen LogP contribution in [-0.4, -0.2) is 15.5 Å². The summed E-state index contributed by atoms with van der Waals surface area (Å²) in [4.78, 5) is 13.2. The largest absolute Gasteiger partial charge is 0.326 e. The molecule has 0 saturated heterocycles. The van der Waals surface area contributed by atoms with Gasteiger partial charge in [-0.05, 0) is 52.2 Å². The van der Waals surface area contributed by atoms with Crippen LogP contribution in [0.1, 0.15) is 38.3 Å². The van der Waals surface area contributed by atoms with E-state index < -0.39 is 0 Å². The van der Waals surface area contributed by atoms with E-state index in [2.05, 4.69) is 59.9 Å². The Morgan fingerprint density at radius 1 is 1.04 bits per heavy atom. The number of anilines is 1. The monoisotopic (exact) mass is 365 g/mol. The Morgan fingerprint density at radius 2 is 1.73 bits per heavy atom. The molecule has 5 heteroatoms. The summed E-state index contributed by atoms with van der Waals surface area (Å²) in [5.41, 5.74) is 4.50. The predicted molar refractivity (Wildman–Crippen MR) is 107 cm³/mol. The van der Waals surface area contributed by atoms with E-state index >= 15 is 0 Å². The van der Waals surface area contributed by atoms with Crippen LogP contribution in [0, 0.1) is 0 Å². The number of carbonyl (C=O) groups is 1. The zero-order valence-electron chi connectivity index (χ0n) is 15.3. The highest BCUT2D eigenvalue weighted by Crippen LogP contribution is 2.24. The molecule has 26 heavy (non-hydrogen) atoms. The van der Waals surface area contributed by atoms with Crippen LogP contribution in [0.2, 0.25) is 0 Å². The van der Waals surface area contributed by atoms with Crippen molar-refractivity contribution in [3.05, 3.63) is 65.9 Å². The Labute approximate surface area is 158 Å². The fraction of sp³-hybridized carbons (Fsp3) is 0.286. The number of nitrogens with zero attached hydrogens (tertiary/aromatic N) is 2. The first-order chi connectivity index (χ1) is 12.4. The number of nitrogens with one attached hydrogen (secondary N) is 1. The van der Waals surface area contributed by atoms with Crippen LogP contribution in [-0.2, 0) is 16.6 Å². The number of aryl methyl sites for hydroxylation is 1. The van der Waals surface area contributed by atoms with Gasteiger partial charge in [0.05, 0.1) is 11.1 Å². The van der Waals surface area contributed by atoms with Crippen LogP contribution >= 0.6 is 11.5 Å². The molecule has 4 nitrogen and oxygen atoms in total. The van der Waals surface area contributed by atoms with Gasteiger partial charge in [-0.15, -0.1) is 5.10 Å². The lowest BCUT2D eigenvalue weighted by Crippen LogP contribution is -2.13. The SMILES string of the molecule is CC(C)(C)c1ccc(CCC(=O)Nc2ccc(-c3cnns3)cc2)cc1. The molecule has 0 aliphatic heterocycles. The maximum absolute atomic E-state index is 12.2. The van der Waals surface area contributed by atoms with Crippen LogP contribution in [0.5, 0.6) is 0 Å². The van der Waals surface area contributed by atoms with Crippen molar-refractivity contribution in [2.24, 2.45) is 0 Å². The highest BCUT2D eigenvalue weighted by Gasteiger charge is 2.13. The highest BCUT2D eigenvalue weighted by atomic mass is 32.1. The van der Waals surface area contributed by atoms with Crippen molar-refractivity contribution >= 4 is 23.1 Å². The second kappa shape index (κ2) is 7.79. The number of carbonyl (C=O) groups excluding carboxylic acids is 1. The Balaban J connectivity index is 1.52. The topological polar surface area (TPSA) is 54.9 Å². The van der Waals surface area contributed by atoms with Gasteiger partial charge >= 0.3 is 0 Å². The maximum atomic E-state index is 12.2. The van der Waals surface area contributed by atoms with E-state index in [4.69, 9.17) is 0 Å². The standard InChI is InChI=1S/C21H23N3OS/c1-21(2,3)17-9-4-15(5-10-17)6-13-20(25)23-18-11-7-16(8-12-18)19-14-22-24-26-19/h4-5,7-12,14H,6,13H2,1-3H3,(H,23,25). The van der Waals surface area contributed by atoms with Crippen molar-refractivity contribution in [3.63, 3.8) is 0 Å². The fourth-order valence-electron chi connectivity index (χ4n) is 2.66. The van der Waals surface area contributed by atoms with Crippen LogP contribution in [0.4, 0.5) is 5.69 Å². The average Bonchev–Trinajstić information content (AvgIpc) is 3.15. The van der Waals surface area contributed by atoms with Crippen LogP contribution in [0.15, 0.2) is 54.7 Å². The zero-order valence-corrected chi connectivity index (χ0v) is 16.1. The van der Waals surface area contributed by atoms with Crippen molar-refractivity contribution in [2.75, 3.05) is 5.32 Å². The molecule has 0 unspecified atom stereocenters. The minimum atomic E-state index is 0.0251. The molecule has 1 aromatic heterocycles. The van der Waals surface area contributed by atoms with Gasteiger partial charge in [0.1, 0.15) is 0 Å². The number of benzene rings is 2. The normalized spacial score (nSPS) is 11.3. The number of amides is 1. The molecule has 0 bridgehead atoms. The lowest BCUT2D eigenvalue weighted by atomic mass is 9.86. The molecule has 3 aromatic rings. The van der Waals surface area contributed by atoms with E-state index in [0.29, 0.717) is 6.42 Å². The summed E-state index contributed by atoms with van der Waals surface area (Å²) in [6, 6.07) is 16.3. The van der Waals surface area contributed by atoms with E-state index in [1.54, 1.807) is 6.20 Å². The van der Waals surface area contributed by atoms with Gasteiger partial charge in [-0.3, -0.25) is 4.79 Å². The summed E-state index contributed by atoms with van der Waals surface area (Å²) in [6.45, 7) is 6.60. The summed E-state index contributed by atoms with van der Waals surface area (Å²) in [5.74, 6) is 0.0251. The number of aromatic nitrogens is 2. The molecule has 0 aliphatic carbocycles. The van der Waals surface area contributed by atoms with Crippen molar-refractivity contribution < 1.29 is 4.79 Å². The summed E-state index contributed by atoms with van der Waals surface area (Å²) in [7, 11) is 0. The van der Waals surface area contributed by atoms with E-state index in [9.17, 15) is 4.79 Å². The second-order valence-corrected chi connectivity index (χ2v) is 8.14. The van der Waals surface area contributed by atoms with Crippen molar-refractivity contribution in [3.8, 4) is 10.4 Å². The Kier molecular flexibility index (Phi) is 5.47. The first-order valence-electron chi connectivity index (χ1n) is 8.69. The van der Waals surface area contributed by atoms with E-state index in [1.165, 1.54) is 22.7 Å². The van der Waals surface area contributed by atoms with Gasteiger partial charge in [0.2, 0.25) is 5.91 Å². The number of hydrogen-bond donors (Lipinski definition) is 1. The molecule has 1 amide bonds. The molecular formula is C21H23N3OS. The van der Waals surface area contributed by atoms with Crippen molar-refractivity contribution in [1.82, 2.24) is 9.59 Å². The number of rotatable bonds is 5. The zero-order chi connectivity index (χ0) is 18.6. The van der Waals surface area contributed by atoms with Crippen LogP contribution in [0.25, 0.3) is 10.4 Å². The molecular weight excluding hydrogens is 342 g/mol. The molecule has 2 aromatic carbocycles. The smallest absolute Gasteiger partial charge is 0.224 e. The molecule has 134 valence electrons. The summed E-state index contributed by atoms with van der Waals surface area (Å²) < 4.78 is 3.86. The summed E-state index contributed by atoms with van der Waals surface area (Å²) in [6.07, 6.45) is 2.94. The van der Waals surface area contributed by atoms with E-state index in [0.717, 1.165) is 22.5 Å². The highest BCUT2D eigenvalue weighted by molar-refractivity contribution is 7.09. The quantitative estimate of drug-likeness (QED) is 0.686. The molecule has 0 aliphatic rings. The lowest BCUT2D eigenvalue weighted by molar-refractivity contribution is -0.116. The van der Waals surface area contributed by atoms with Gasteiger partial charge in [-0.25, -0.2) is 0 Å². The number of hydrogen-bond acceptors (Lipinski definition) is 4. The van der Waals surface area contributed by atoms with Crippen LogP contribution < -0.4 is 5.32 Å². The summed E-state index contributed by atoms with van der Waals surface area (Å²) >= 11 is 1.36. The third-order valence-corrected chi connectivity index (χ3v) is 4.99. The first kappa shape index (κ1) is 18.3. The summed E-state index contributed by atoms with van der Waals surface area (Å²) in [5, 5.41) is 6.79. The van der Waals surface area contributed by atoms with Gasteiger partial charge in [0.25, 0.3) is 0 Å². The maximum Gasteiger partial charge on any atom is 0.224 e. The van der Waals surface area contributed by atoms with Gasteiger partial charge in [-0.2, -0.15) is 0 Å². The molecule has 1 heterocycles. The lowest BCUT2D eigenvalue weighted by Gasteiger charge is -2.19. The predicted octanol–water partition coefficient (Wildman–Crippen LogP) is 5.07. The molecule has 0 radical (unpaired) electrons. The molecule has 3 rings (SSSR count).